The van der Waals surface area contributed by atoms with Gasteiger partial charge in [-0.1, -0.05) is 121 Å². The highest BCUT2D eigenvalue weighted by atomic mass is 16.3. The van der Waals surface area contributed by atoms with Gasteiger partial charge < -0.3 is 8.98 Å². The van der Waals surface area contributed by atoms with Crippen molar-refractivity contribution in [1.82, 2.24) is 19.1 Å². The summed E-state index contributed by atoms with van der Waals surface area (Å²) in [7, 11) is 0. The number of fused-ring (bicyclic) bond motifs is 13. The minimum atomic E-state index is 0.641. The van der Waals surface area contributed by atoms with Crippen molar-refractivity contribution >= 4 is 87.2 Å². The molecule has 12 aromatic rings. The molecule has 12 rings (SSSR count). The standard InChI is InChI=1S/C48H28N4O/c1-2-13-30(14-3-1)45-35-17-6-9-19-38(35)49-48(50-45)52-39-20-10-7-16-33(39)34-24-26-40-43(46(34)52)37-25-27-42-44(36-18-8-11-21-41(36)53-42)47(37)51(40)32-23-22-29-12-4-5-15-31(29)28-32/h1-28H. The molecule has 0 saturated heterocycles. The van der Waals surface area contributed by atoms with E-state index in [9.17, 15) is 0 Å². The second kappa shape index (κ2) is 10.6. The van der Waals surface area contributed by atoms with Crippen LogP contribution in [0.25, 0.3) is 110 Å². The first-order valence-electron chi connectivity index (χ1n) is 17.9. The lowest BCUT2D eigenvalue weighted by molar-refractivity contribution is 0.669. The molecule has 0 aliphatic carbocycles. The molecule has 0 aliphatic heterocycles. The molecule has 0 bridgehead atoms. The SMILES string of the molecule is c1ccc(-c2nc(-n3c4ccccc4c4ccc5c(c6ccc7oc8ccccc8c7c6n5-c5ccc6ccccc6c5)c43)nc3ccccc23)cc1. The van der Waals surface area contributed by atoms with Crippen LogP contribution < -0.4 is 0 Å². The Morgan fingerprint density at radius 2 is 1.13 bits per heavy atom. The lowest BCUT2D eigenvalue weighted by Crippen LogP contribution is -2.03. The van der Waals surface area contributed by atoms with Gasteiger partial charge in [-0.2, -0.15) is 0 Å². The summed E-state index contributed by atoms with van der Waals surface area (Å²) in [5, 5.41) is 10.2. The Kier molecular flexibility index (Phi) is 5.71. The molecule has 0 spiro atoms. The number of rotatable bonds is 3. The molecule has 0 radical (unpaired) electrons. The predicted molar refractivity (Wildman–Crippen MR) is 218 cm³/mol. The highest BCUT2D eigenvalue weighted by molar-refractivity contribution is 6.31. The topological polar surface area (TPSA) is 48.8 Å². The van der Waals surface area contributed by atoms with Gasteiger partial charge in [-0.3, -0.25) is 4.57 Å². The number of hydrogen-bond donors (Lipinski definition) is 0. The minimum Gasteiger partial charge on any atom is -0.456 e. The molecule has 0 amide bonds. The molecule has 4 aromatic heterocycles. The van der Waals surface area contributed by atoms with E-state index < -0.39 is 0 Å². The Labute approximate surface area is 302 Å². The van der Waals surface area contributed by atoms with Crippen LogP contribution in [-0.2, 0) is 0 Å². The van der Waals surface area contributed by atoms with Crippen LogP contribution in [0.3, 0.4) is 0 Å². The van der Waals surface area contributed by atoms with Crippen molar-refractivity contribution < 1.29 is 4.42 Å². The molecular formula is C48H28N4O. The van der Waals surface area contributed by atoms with Gasteiger partial charge in [-0.15, -0.1) is 0 Å². The third-order valence-electron chi connectivity index (χ3n) is 10.9. The van der Waals surface area contributed by atoms with Crippen LogP contribution in [0.1, 0.15) is 0 Å². The predicted octanol–water partition coefficient (Wildman–Crippen LogP) is 12.5. The van der Waals surface area contributed by atoms with E-state index in [1.807, 2.05) is 12.1 Å². The molecule has 0 fully saturated rings. The molecule has 8 aromatic carbocycles. The maximum atomic E-state index is 6.50. The van der Waals surface area contributed by atoms with Gasteiger partial charge in [0, 0.05) is 43.6 Å². The molecule has 53 heavy (non-hydrogen) atoms. The molecule has 0 N–H and O–H groups in total. The smallest absolute Gasteiger partial charge is 0.235 e. The van der Waals surface area contributed by atoms with Gasteiger partial charge in [0.05, 0.1) is 38.7 Å². The summed E-state index contributed by atoms with van der Waals surface area (Å²) in [6, 6.07) is 60.0. The van der Waals surface area contributed by atoms with E-state index in [0.29, 0.717) is 5.95 Å². The van der Waals surface area contributed by atoms with E-state index in [-0.39, 0.29) is 0 Å². The summed E-state index contributed by atoms with van der Waals surface area (Å²) in [5.74, 6) is 0.641. The van der Waals surface area contributed by atoms with Gasteiger partial charge in [0.1, 0.15) is 11.2 Å². The van der Waals surface area contributed by atoms with Crippen molar-refractivity contribution in [1.29, 1.82) is 0 Å². The molecule has 0 aliphatic rings. The van der Waals surface area contributed by atoms with Crippen molar-refractivity contribution in [3.63, 3.8) is 0 Å². The summed E-state index contributed by atoms with van der Waals surface area (Å²) < 4.78 is 11.2. The van der Waals surface area contributed by atoms with E-state index in [0.717, 1.165) is 93.4 Å². The molecule has 246 valence electrons. The number of para-hydroxylation sites is 3. The Bertz CT molecular complexity index is 3460. The van der Waals surface area contributed by atoms with Crippen LogP contribution in [0, 0.1) is 0 Å². The zero-order valence-electron chi connectivity index (χ0n) is 28.4. The maximum absolute atomic E-state index is 6.50. The first kappa shape index (κ1) is 28.5. The van der Waals surface area contributed by atoms with Gasteiger partial charge in [0.2, 0.25) is 5.95 Å². The maximum Gasteiger partial charge on any atom is 0.235 e. The lowest BCUT2D eigenvalue weighted by atomic mass is 10.1. The van der Waals surface area contributed by atoms with Crippen molar-refractivity contribution in [2.24, 2.45) is 0 Å². The fraction of sp³-hybridized carbons (Fsp3) is 0. The van der Waals surface area contributed by atoms with Crippen molar-refractivity contribution in [2.75, 3.05) is 0 Å². The van der Waals surface area contributed by atoms with E-state index >= 15 is 0 Å². The molecule has 4 heterocycles. The van der Waals surface area contributed by atoms with Crippen molar-refractivity contribution in [3.8, 4) is 22.9 Å². The van der Waals surface area contributed by atoms with Crippen LogP contribution in [0.5, 0.6) is 0 Å². The highest BCUT2D eigenvalue weighted by Gasteiger charge is 2.25. The van der Waals surface area contributed by atoms with Crippen molar-refractivity contribution in [3.05, 3.63) is 170 Å². The fourth-order valence-electron chi connectivity index (χ4n) is 8.62. The summed E-state index contributed by atoms with van der Waals surface area (Å²) in [6.07, 6.45) is 0. The lowest BCUT2D eigenvalue weighted by Gasteiger charge is -2.12. The summed E-state index contributed by atoms with van der Waals surface area (Å²) in [5.41, 5.74) is 10.1. The van der Waals surface area contributed by atoms with Crippen molar-refractivity contribution in [2.45, 2.75) is 0 Å². The normalized spacial score (nSPS) is 12.2. The van der Waals surface area contributed by atoms with Gasteiger partial charge in [-0.25, -0.2) is 9.97 Å². The quantitative estimate of drug-likeness (QED) is 0.187. The first-order chi connectivity index (χ1) is 26.3. The molecule has 0 unspecified atom stereocenters. The zero-order valence-corrected chi connectivity index (χ0v) is 28.4. The van der Waals surface area contributed by atoms with Crippen LogP contribution in [0.2, 0.25) is 0 Å². The Morgan fingerprint density at radius 3 is 2.04 bits per heavy atom. The highest BCUT2D eigenvalue weighted by Crippen LogP contribution is 2.45. The van der Waals surface area contributed by atoms with Crippen LogP contribution >= 0.6 is 0 Å². The van der Waals surface area contributed by atoms with Gasteiger partial charge in [0.15, 0.2) is 0 Å². The summed E-state index contributed by atoms with van der Waals surface area (Å²) >= 11 is 0. The fourth-order valence-corrected chi connectivity index (χ4v) is 8.62. The van der Waals surface area contributed by atoms with Gasteiger partial charge >= 0.3 is 0 Å². The Balaban J connectivity index is 1.30. The molecule has 5 nitrogen and oxygen atoms in total. The first-order valence-corrected chi connectivity index (χ1v) is 17.9. The Morgan fingerprint density at radius 1 is 0.415 bits per heavy atom. The molecule has 0 saturated carbocycles. The van der Waals surface area contributed by atoms with Crippen LogP contribution in [0.15, 0.2) is 174 Å². The molecule has 0 atom stereocenters. The van der Waals surface area contributed by atoms with Crippen LogP contribution in [0.4, 0.5) is 0 Å². The van der Waals surface area contributed by atoms with E-state index in [1.54, 1.807) is 0 Å². The van der Waals surface area contributed by atoms with Crippen LogP contribution in [-0.4, -0.2) is 19.1 Å². The number of furan rings is 1. The van der Waals surface area contributed by atoms with Gasteiger partial charge in [-0.05, 0) is 59.3 Å². The van der Waals surface area contributed by atoms with E-state index in [2.05, 4.69) is 167 Å². The third kappa shape index (κ3) is 3.96. The largest absolute Gasteiger partial charge is 0.456 e. The minimum absolute atomic E-state index is 0.641. The number of nitrogens with zero attached hydrogens (tertiary/aromatic N) is 4. The van der Waals surface area contributed by atoms with E-state index in [1.165, 1.54) is 10.8 Å². The second-order valence-electron chi connectivity index (χ2n) is 13.8. The molecular weight excluding hydrogens is 649 g/mol. The average molecular weight is 677 g/mol. The monoisotopic (exact) mass is 676 g/mol. The average Bonchev–Trinajstić information content (AvgIpc) is 3.88. The number of hydrogen-bond acceptors (Lipinski definition) is 3. The third-order valence-corrected chi connectivity index (χ3v) is 10.9. The van der Waals surface area contributed by atoms with E-state index in [4.69, 9.17) is 14.4 Å². The Hall–Kier alpha value is -7.24. The van der Waals surface area contributed by atoms with Gasteiger partial charge in [0.25, 0.3) is 0 Å². The summed E-state index contributed by atoms with van der Waals surface area (Å²) in [6.45, 7) is 0. The number of benzene rings is 8. The molecule has 5 heteroatoms. The summed E-state index contributed by atoms with van der Waals surface area (Å²) in [4.78, 5) is 10.7. The second-order valence-corrected chi connectivity index (χ2v) is 13.8. The number of aromatic nitrogens is 4. The zero-order chi connectivity index (χ0) is 34.6.